The highest BCUT2D eigenvalue weighted by atomic mass is 16.5. The fraction of sp³-hybridized carbons (Fsp3) is 0.217. The summed E-state index contributed by atoms with van der Waals surface area (Å²) in [6.45, 7) is 6.12. The van der Waals surface area contributed by atoms with E-state index in [-0.39, 0.29) is 11.1 Å². The van der Waals surface area contributed by atoms with E-state index in [2.05, 4.69) is 4.98 Å². The highest BCUT2D eigenvalue weighted by Crippen LogP contribution is 2.30. The second-order valence-corrected chi connectivity index (χ2v) is 6.77. The summed E-state index contributed by atoms with van der Waals surface area (Å²) in [5, 5.41) is 9.41. The summed E-state index contributed by atoms with van der Waals surface area (Å²) in [5.41, 5.74) is 4.78. The lowest BCUT2D eigenvalue weighted by molar-refractivity contribution is 0.294. The van der Waals surface area contributed by atoms with Crippen molar-refractivity contribution in [3.05, 3.63) is 80.8 Å². The van der Waals surface area contributed by atoms with E-state index < -0.39 is 0 Å². The van der Waals surface area contributed by atoms with Crippen LogP contribution in [0.25, 0.3) is 11.1 Å². The van der Waals surface area contributed by atoms with Crippen LogP contribution in [0, 0.1) is 32.1 Å². The zero-order valence-electron chi connectivity index (χ0n) is 16.4. The summed E-state index contributed by atoms with van der Waals surface area (Å²) in [6.07, 6.45) is 0. The second kappa shape index (κ2) is 8.01. The van der Waals surface area contributed by atoms with Gasteiger partial charge in [0.25, 0.3) is 5.56 Å². The van der Waals surface area contributed by atoms with Crippen LogP contribution in [0.4, 0.5) is 0 Å². The molecule has 3 rings (SSSR count). The van der Waals surface area contributed by atoms with Crippen LogP contribution >= 0.6 is 0 Å². The summed E-state index contributed by atoms with van der Waals surface area (Å²) in [7, 11) is 1.61. The van der Waals surface area contributed by atoms with Crippen molar-refractivity contribution >= 4 is 0 Å². The van der Waals surface area contributed by atoms with Gasteiger partial charge in [-0.05, 0) is 61.7 Å². The maximum atomic E-state index is 12.1. The Hall–Kier alpha value is -3.52. The molecule has 1 heterocycles. The summed E-state index contributed by atoms with van der Waals surface area (Å²) in [4.78, 5) is 14.8. The quantitative estimate of drug-likeness (QED) is 0.717. The molecule has 0 aliphatic carbocycles. The summed E-state index contributed by atoms with van der Waals surface area (Å²) in [6, 6.07) is 15.4. The Balaban J connectivity index is 2.01. The van der Waals surface area contributed by atoms with Crippen molar-refractivity contribution in [2.45, 2.75) is 27.4 Å². The van der Waals surface area contributed by atoms with Gasteiger partial charge in [-0.2, -0.15) is 5.26 Å². The highest BCUT2D eigenvalue weighted by molar-refractivity contribution is 5.71. The van der Waals surface area contributed by atoms with Gasteiger partial charge >= 0.3 is 0 Å². The monoisotopic (exact) mass is 374 g/mol. The Morgan fingerprint density at radius 2 is 1.82 bits per heavy atom. The van der Waals surface area contributed by atoms with Crippen LogP contribution < -0.4 is 15.0 Å². The Bertz CT molecular complexity index is 1120. The molecule has 0 radical (unpaired) electrons. The molecule has 0 aliphatic heterocycles. The Morgan fingerprint density at radius 3 is 2.54 bits per heavy atom. The fourth-order valence-electron chi connectivity index (χ4n) is 3.10. The van der Waals surface area contributed by atoms with E-state index >= 15 is 0 Å². The number of rotatable bonds is 5. The third kappa shape index (κ3) is 3.91. The molecule has 0 spiro atoms. The van der Waals surface area contributed by atoms with Crippen LogP contribution in [0.5, 0.6) is 11.5 Å². The van der Waals surface area contributed by atoms with Gasteiger partial charge in [-0.15, -0.1) is 0 Å². The SMILES string of the molecule is COc1ccc(-c2cc(C)[nH]c(=O)c2C#N)cc1COc1cc(C)ccc1C. The molecule has 5 heteroatoms. The molecule has 0 saturated carbocycles. The Labute approximate surface area is 164 Å². The summed E-state index contributed by atoms with van der Waals surface area (Å²) < 4.78 is 11.5. The summed E-state index contributed by atoms with van der Waals surface area (Å²) in [5.74, 6) is 1.51. The minimum absolute atomic E-state index is 0.0946. The van der Waals surface area contributed by atoms with Crippen LogP contribution in [0.1, 0.15) is 27.9 Å². The third-order valence-corrected chi connectivity index (χ3v) is 4.60. The van der Waals surface area contributed by atoms with Gasteiger partial charge in [0.15, 0.2) is 0 Å². The molecule has 3 aromatic rings. The highest BCUT2D eigenvalue weighted by Gasteiger charge is 2.13. The van der Waals surface area contributed by atoms with Crippen molar-refractivity contribution in [3.8, 4) is 28.7 Å². The van der Waals surface area contributed by atoms with Crippen LogP contribution in [0.3, 0.4) is 0 Å². The number of nitrogens with one attached hydrogen (secondary N) is 1. The average molecular weight is 374 g/mol. The Kier molecular flexibility index (Phi) is 5.51. The van der Waals surface area contributed by atoms with Gasteiger partial charge in [0, 0.05) is 16.8 Å². The van der Waals surface area contributed by atoms with Gasteiger partial charge in [-0.3, -0.25) is 4.79 Å². The van der Waals surface area contributed by atoms with Crippen LogP contribution in [-0.2, 0) is 6.61 Å². The first-order valence-corrected chi connectivity index (χ1v) is 8.94. The predicted molar refractivity (Wildman–Crippen MR) is 109 cm³/mol. The van der Waals surface area contributed by atoms with Gasteiger partial charge in [0.05, 0.1) is 7.11 Å². The molecule has 0 fully saturated rings. The first kappa shape index (κ1) is 19.2. The minimum atomic E-state index is -0.387. The molecule has 0 bridgehead atoms. The van der Waals surface area contributed by atoms with E-state index in [9.17, 15) is 10.1 Å². The number of aromatic amines is 1. The zero-order valence-corrected chi connectivity index (χ0v) is 16.4. The minimum Gasteiger partial charge on any atom is -0.496 e. The lowest BCUT2D eigenvalue weighted by atomic mass is 9.99. The van der Waals surface area contributed by atoms with Crippen molar-refractivity contribution in [3.63, 3.8) is 0 Å². The van der Waals surface area contributed by atoms with E-state index in [4.69, 9.17) is 9.47 Å². The first-order chi connectivity index (χ1) is 13.4. The molecule has 0 aliphatic rings. The van der Waals surface area contributed by atoms with E-state index in [1.165, 1.54) is 0 Å². The number of hydrogen-bond acceptors (Lipinski definition) is 4. The van der Waals surface area contributed by atoms with Gasteiger partial charge < -0.3 is 14.5 Å². The van der Waals surface area contributed by atoms with Crippen LogP contribution in [-0.4, -0.2) is 12.1 Å². The number of methoxy groups -OCH3 is 1. The van der Waals surface area contributed by atoms with E-state index in [0.717, 1.165) is 28.0 Å². The molecular weight excluding hydrogens is 352 g/mol. The van der Waals surface area contributed by atoms with Crippen LogP contribution in [0.2, 0.25) is 0 Å². The number of nitriles is 1. The largest absolute Gasteiger partial charge is 0.496 e. The van der Waals surface area contributed by atoms with Crippen molar-refractivity contribution in [2.75, 3.05) is 7.11 Å². The molecule has 142 valence electrons. The van der Waals surface area contributed by atoms with Crippen molar-refractivity contribution in [1.29, 1.82) is 5.26 Å². The molecule has 0 saturated heterocycles. The predicted octanol–water partition coefficient (Wildman–Crippen LogP) is 4.43. The lowest BCUT2D eigenvalue weighted by Gasteiger charge is -2.14. The normalized spacial score (nSPS) is 10.4. The van der Waals surface area contributed by atoms with Crippen molar-refractivity contribution < 1.29 is 9.47 Å². The number of benzene rings is 2. The molecule has 0 unspecified atom stereocenters. The number of pyridine rings is 1. The van der Waals surface area contributed by atoms with Gasteiger partial charge in [-0.25, -0.2) is 0 Å². The standard InChI is InChI=1S/C23H22N2O3/c1-14-5-6-15(2)22(9-14)28-13-18-11-17(7-8-21(18)27-4)19-10-16(3)25-23(26)20(19)12-24/h5-11H,13H2,1-4H3,(H,25,26). The molecule has 1 N–H and O–H groups in total. The van der Waals surface area contributed by atoms with Crippen molar-refractivity contribution in [2.24, 2.45) is 0 Å². The maximum absolute atomic E-state index is 12.1. The maximum Gasteiger partial charge on any atom is 0.266 e. The lowest BCUT2D eigenvalue weighted by Crippen LogP contribution is -2.12. The number of aryl methyl sites for hydroxylation is 3. The molecule has 0 atom stereocenters. The summed E-state index contributed by atoms with van der Waals surface area (Å²) >= 11 is 0. The molecule has 1 aromatic heterocycles. The molecule has 2 aromatic carbocycles. The average Bonchev–Trinajstić information content (AvgIpc) is 2.68. The topological polar surface area (TPSA) is 75.1 Å². The molecule has 5 nitrogen and oxygen atoms in total. The molecular formula is C23H22N2O3. The number of aromatic nitrogens is 1. The second-order valence-electron chi connectivity index (χ2n) is 6.77. The fourth-order valence-corrected chi connectivity index (χ4v) is 3.10. The van der Waals surface area contributed by atoms with Crippen LogP contribution in [0.15, 0.2) is 47.3 Å². The number of ether oxygens (including phenoxy) is 2. The first-order valence-electron chi connectivity index (χ1n) is 8.94. The number of H-pyrrole nitrogens is 1. The van der Waals surface area contributed by atoms with E-state index in [1.807, 2.05) is 56.3 Å². The van der Waals surface area contributed by atoms with Gasteiger partial charge in [0.1, 0.15) is 29.7 Å². The third-order valence-electron chi connectivity index (χ3n) is 4.60. The van der Waals surface area contributed by atoms with E-state index in [0.29, 0.717) is 23.6 Å². The Morgan fingerprint density at radius 1 is 1.04 bits per heavy atom. The molecule has 0 amide bonds. The van der Waals surface area contributed by atoms with Gasteiger partial charge in [0.2, 0.25) is 0 Å². The van der Waals surface area contributed by atoms with E-state index in [1.54, 1.807) is 20.1 Å². The van der Waals surface area contributed by atoms with Gasteiger partial charge in [-0.1, -0.05) is 18.2 Å². The zero-order chi connectivity index (χ0) is 20.3. The van der Waals surface area contributed by atoms with Crippen molar-refractivity contribution in [1.82, 2.24) is 4.98 Å². The number of nitrogens with zero attached hydrogens (tertiary/aromatic N) is 1. The smallest absolute Gasteiger partial charge is 0.266 e. The number of hydrogen-bond donors (Lipinski definition) is 1. The molecule has 28 heavy (non-hydrogen) atoms.